The number of alkyl halides is 6. The van der Waals surface area contributed by atoms with Gasteiger partial charge in [-0.3, -0.25) is 0 Å². The third kappa shape index (κ3) is 6.57. The van der Waals surface area contributed by atoms with Crippen molar-refractivity contribution < 1.29 is 26.3 Å². The van der Waals surface area contributed by atoms with Crippen LogP contribution in [0.25, 0.3) is 88.4 Å². The Morgan fingerprint density at radius 2 is 0.766 bits per heavy atom. The molecule has 64 heavy (non-hydrogen) atoms. The Labute approximate surface area is 360 Å². The topological polar surface area (TPSA) is 81.2 Å². The Kier molecular flexibility index (Phi) is 9.14. The largest absolute Gasteiger partial charge is 0.416 e. The molecule has 10 rings (SSSR count). The first-order valence-corrected chi connectivity index (χ1v) is 19.8. The van der Waals surface area contributed by atoms with Gasteiger partial charge in [0.15, 0.2) is 0 Å². The first kappa shape index (κ1) is 39.5. The molecule has 10 aromatic rings. The number of rotatable bonds is 5. The van der Waals surface area contributed by atoms with E-state index in [0.29, 0.717) is 45.7 Å². The summed E-state index contributed by atoms with van der Waals surface area (Å²) in [7, 11) is 0. The van der Waals surface area contributed by atoms with E-state index in [1.54, 1.807) is 24.3 Å². The fourth-order valence-corrected chi connectivity index (χ4v) is 8.68. The number of hydrogen-bond acceptors (Lipinski definition) is 3. The van der Waals surface area contributed by atoms with Crippen molar-refractivity contribution in [2.24, 2.45) is 0 Å². The van der Waals surface area contributed by atoms with E-state index in [0.717, 1.165) is 54.8 Å². The van der Waals surface area contributed by atoms with Crippen molar-refractivity contribution >= 4 is 43.6 Å². The van der Waals surface area contributed by atoms with Crippen molar-refractivity contribution in [3.63, 3.8) is 0 Å². The summed E-state index contributed by atoms with van der Waals surface area (Å²) in [5, 5.41) is 32.9. The third-order valence-electron chi connectivity index (χ3n) is 11.7. The van der Waals surface area contributed by atoms with Crippen molar-refractivity contribution in [2.75, 3.05) is 0 Å². The van der Waals surface area contributed by atoms with Gasteiger partial charge in [0.1, 0.15) is 0 Å². The lowest BCUT2D eigenvalue weighted by Crippen LogP contribution is -2.11. The molecule has 0 fully saturated rings. The third-order valence-corrected chi connectivity index (χ3v) is 11.7. The van der Waals surface area contributed by atoms with Crippen LogP contribution in [0.1, 0.15) is 27.8 Å². The molecule has 0 radical (unpaired) electrons. The van der Waals surface area contributed by atoms with Gasteiger partial charge >= 0.3 is 12.4 Å². The molecule has 8 aromatic carbocycles. The molecule has 0 atom stereocenters. The summed E-state index contributed by atoms with van der Waals surface area (Å²) in [6, 6.07) is 52.1. The second kappa shape index (κ2) is 14.8. The van der Waals surface area contributed by atoms with E-state index >= 15 is 0 Å². The molecule has 0 unspecified atom stereocenters. The van der Waals surface area contributed by atoms with Crippen LogP contribution in [0, 0.1) is 34.0 Å². The van der Waals surface area contributed by atoms with Gasteiger partial charge in [0.25, 0.3) is 0 Å². The zero-order valence-corrected chi connectivity index (χ0v) is 33.1. The molecule has 0 aliphatic rings. The highest BCUT2D eigenvalue weighted by atomic mass is 19.4. The molecule has 0 saturated heterocycles. The molecule has 0 N–H and O–H groups in total. The summed E-state index contributed by atoms with van der Waals surface area (Å²) >= 11 is 0. The van der Waals surface area contributed by atoms with Crippen LogP contribution in [0.3, 0.4) is 0 Å². The average molecular weight is 848 g/mol. The number of nitriles is 3. The predicted octanol–water partition coefficient (Wildman–Crippen LogP) is 14.5. The highest BCUT2D eigenvalue weighted by Crippen LogP contribution is 2.44. The van der Waals surface area contributed by atoms with Gasteiger partial charge in [-0.15, -0.1) is 0 Å². The molecule has 0 bridgehead atoms. The van der Waals surface area contributed by atoms with Crippen molar-refractivity contribution in [2.45, 2.75) is 12.4 Å². The number of aromatic nitrogens is 2. The highest BCUT2D eigenvalue weighted by molar-refractivity contribution is 6.13. The van der Waals surface area contributed by atoms with E-state index in [1.807, 2.05) is 118 Å². The van der Waals surface area contributed by atoms with Crippen LogP contribution in [-0.4, -0.2) is 9.13 Å². The normalized spacial score (nSPS) is 11.9. The van der Waals surface area contributed by atoms with Gasteiger partial charge in [-0.05, 0) is 119 Å². The van der Waals surface area contributed by atoms with E-state index < -0.39 is 29.0 Å². The molecular weight excluding hydrogens is 821 g/mol. The van der Waals surface area contributed by atoms with Crippen LogP contribution in [0.2, 0.25) is 0 Å². The van der Waals surface area contributed by atoms with Gasteiger partial charge in [-0.25, -0.2) is 0 Å². The van der Waals surface area contributed by atoms with E-state index in [4.69, 9.17) is 0 Å². The van der Waals surface area contributed by atoms with Crippen LogP contribution in [0.5, 0.6) is 0 Å². The van der Waals surface area contributed by atoms with Gasteiger partial charge in [-0.2, -0.15) is 42.1 Å². The van der Waals surface area contributed by atoms with E-state index in [1.165, 1.54) is 12.1 Å². The summed E-state index contributed by atoms with van der Waals surface area (Å²) in [4.78, 5) is 0. The molecule has 0 aliphatic heterocycles. The van der Waals surface area contributed by atoms with Crippen molar-refractivity contribution in [1.82, 2.24) is 9.13 Å². The standard InChI is InChI=1S/C53H27F6N5/c54-52(55,56)39-21-37(22-40(26-39)53(57,58)59)43-27-51(64-47-8-4-2-6-42(47)45-24-36(18-20-49(45)64)34-15-11-32(29-61)12-16-34)50(25-38(43)30-62)63-46-7-3-1-5-41(46)44-23-35(17-19-48(44)63)33-13-9-31(28-60)10-14-33/h1-27H. The molecule has 11 heteroatoms. The lowest BCUT2D eigenvalue weighted by Gasteiger charge is -2.20. The maximum Gasteiger partial charge on any atom is 0.416 e. The van der Waals surface area contributed by atoms with Gasteiger partial charge in [0.2, 0.25) is 0 Å². The Hall–Kier alpha value is -8.59. The number of para-hydroxylation sites is 2. The first-order valence-electron chi connectivity index (χ1n) is 19.8. The number of nitrogens with zero attached hydrogens (tertiary/aromatic N) is 5. The number of hydrogen-bond donors (Lipinski definition) is 0. The zero-order valence-electron chi connectivity index (χ0n) is 33.1. The Bertz CT molecular complexity index is 3630. The van der Waals surface area contributed by atoms with Crippen LogP contribution < -0.4 is 0 Å². The second-order valence-electron chi connectivity index (χ2n) is 15.3. The molecule has 0 aliphatic carbocycles. The van der Waals surface area contributed by atoms with Gasteiger partial charge in [0, 0.05) is 27.1 Å². The van der Waals surface area contributed by atoms with Gasteiger partial charge in [-0.1, -0.05) is 72.8 Å². The summed E-state index contributed by atoms with van der Waals surface area (Å²) in [5.74, 6) is 0. The molecule has 2 heterocycles. The van der Waals surface area contributed by atoms with Crippen LogP contribution >= 0.6 is 0 Å². The second-order valence-corrected chi connectivity index (χ2v) is 15.3. The fraction of sp³-hybridized carbons (Fsp3) is 0.0377. The maximum atomic E-state index is 14.3. The average Bonchev–Trinajstić information content (AvgIpc) is 3.82. The smallest absolute Gasteiger partial charge is 0.307 e. The number of benzene rings is 8. The molecule has 5 nitrogen and oxygen atoms in total. The van der Waals surface area contributed by atoms with Crippen molar-refractivity contribution in [3.8, 4) is 63.0 Å². The molecule has 0 amide bonds. The fourth-order valence-electron chi connectivity index (χ4n) is 8.68. The summed E-state index contributed by atoms with van der Waals surface area (Å²) < 4.78 is 89.9. The maximum absolute atomic E-state index is 14.3. The molecule has 306 valence electrons. The summed E-state index contributed by atoms with van der Waals surface area (Å²) in [6.45, 7) is 0. The van der Waals surface area contributed by atoms with E-state index in [-0.39, 0.29) is 17.2 Å². The molecule has 0 spiro atoms. The minimum absolute atomic E-state index is 0.0769. The van der Waals surface area contributed by atoms with Gasteiger partial charge < -0.3 is 9.13 Å². The monoisotopic (exact) mass is 847 g/mol. The van der Waals surface area contributed by atoms with Crippen LogP contribution in [0.4, 0.5) is 26.3 Å². The Morgan fingerprint density at radius 3 is 1.19 bits per heavy atom. The summed E-state index contributed by atoms with van der Waals surface area (Å²) in [5.41, 5.74) is 4.43. The quantitative estimate of drug-likeness (QED) is 0.162. The number of fused-ring (bicyclic) bond motifs is 6. The van der Waals surface area contributed by atoms with E-state index in [9.17, 15) is 42.1 Å². The Morgan fingerprint density at radius 1 is 0.359 bits per heavy atom. The SMILES string of the molecule is N#Cc1ccc(-c2ccc3c(c2)c2ccccc2n3-c2cc(C#N)c(-c3cc(C(F)(F)F)cc(C(F)(F)F)c3)cc2-n2c3ccccc3c3cc(-c4ccc(C#N)cc4)ccc32)cc1. The lowest BCUT2D eigenvalue weighted by molar-refractivity contribution is -0.143. The van der Waals surface area contributed by atoms with E-state index in [2.05, 4.69) is 18.2 Å². The first-order chi connectivity index (χ1) is 30.8. The molecule has 2 aromatic heterocycles. The zero-order chi connectivity index (χ0) is 44.5. The minimum atomic E-state index is -5.12. The predicted molar refractivity (Wildman–Crippen MR) is 236 cm³/mol. The van der Waals surface area contributed by atoms with Crippen molar-refractivity contribution in [3.05, 3.63) is 192 Å². The molecule has 0 saturated carbocycles. The lowest BCUT2D eigenvalue weighted by atomic mass is 9.94. The van der Waals surface area contributed by atoms with Gasteiger partial charge in [0.05, 0.1) is 79.5 Å². The summed E-state index contributed by atoms with van der Waals surface area (Å²) in [6.07, 6.45) is -10.2. The Balaban J connectivity index is 1.31. The molecular formula is C53H27F6N5. The van der Waals surface area contributed by atoms with Crippen molar-refractivity contribution in [1.29, 1.82) is 15.8 Å². The van der Waals surface area contributed by atoms with Crippen LogP contribution in [0.15, 0.2) is 164 Å². The number of halogens is 6. The minimum Gasteiger partial charge on any atom is -0.307 e. The van der Waals surface area contributed by atoms with Crippen LogP contribution in [-0.2, 0) is 12.4 Å². The highest BCUT2D eigenvalue weighted by Gasteiger charge is 2.37.